The van der Waals surface area contributed by atoms with E-state index >= 15 is 0 Å². The van der Waals surface area contributed by atoms with Crippen LogP contribution in [-0.2, 0) is 0 Å². The maximum Gasteiger partial charge on any atom is 0.0472 e. The second kappa shape index (κ2) is 6.88. The van der Waals surface area contributed by atoms with Gasteiger partial charge in [0.2, 0.25) is 0 Å². The molecule has 0 bridgehead atoms. The fraction of sp³-hybridized carbons (Fsp3) is 0.368. The van der Waals surface area contributed by atoms with E-state index in [-0.39, 0.29) is 0 Å². The van der Waals surface area contributed by atoms with Gasteiger partial charge < -0.3 is 5.32 Å². The van der Waals surface area contributed by atoms with Gasteiger partial charge in [-0.1, -0.05) is 60.7 Å². The molecule has 0 saturated carbocycles. The Morgan fingerprint density at radius 2 is 1.71 bits per heavy atom. The zero-order chi connectivity index (χ0) is 14.5. The van der Waals surface area contributed by atoms with Crippen LogP contribution >= 0.6 is 0 Å². The van der Waals surface area contributed by atoms with Gasteiger partial charge in [0.25, 0.3) is 0 Å². The second-order valence-electron chi connectivity index (χ2n) is 5.88. The zero-order valence-corrected chi connectivity index (χ0v) is 12.7. The molecule has 2 unspecified atom stereocenters. The molecule has 2 atom stereocenters. The molecule has 2 nitrogen and oxygen atoms in total. The number of benzene rings is 2. The first kappa shape index (κ1) is 14.3. The Hall–Kier alpha value is -1.64. The van der Waals surface area contributed by atoms with Gasteiger partial charge in [0, 0.05) is 19.1 Å². The molecule has 1 saturated heterocycles. The summed E-state index contributed by atoms with van der Waals surface area (Å²) in [6.45, 7) is 3.34. The molecule has 2 heteroatoms. The number of likely N-dealkylation sites (N-methyl/N-ethyl adjacent to an activating group) is 1. The first-order valence-electron chi connectivity index (χ1n) is 7.87. The van der Waals surface area contributed by atoms with E-state index in [2.05, 4.69) is 70.9 Å². The standard InChI is InChI=1S/C19H24N2/c1-20-14-19(17-10-6-3-7-11-17)21-13-12-18(15-21)16-8-4-2-5-9-16/h2-11,18-20H,12-15H2,1H3. The number of hydrogen-bond donors (Lipinski definition) is 1. The highest BCUT2D eigenvalue weighted by Crippen LogP contribution is 2.32. The summed E-state index contributed by atoms with van der Waals surface area (Å²) in [5.74, 6) is 0.675. The summed E-state index contributed by atoms with van der Waals surface area (Å²) in [6, 6.07) is 22.3. The molecular weight excluding hydrogens is 256 g/mol. The third-order valence-electron chi connectivity index (χ3n) is 4.51. The van der Waals surface area contributed by atoms with Crippen molar-refractivity contribution in [2.24, 2.45) is 0 Å². The third-order valence-corrected chi connectivity index (χ3v) is 4.51. The van der Waals surface area contributed by atoms with E-state index < -0.39 is 0 Å². The van der Waals surface area contributed by atoms with E-state index in [0.29, 0.717) is 12.0 Å². The molecule has 0 aliphatic carbocycles. The zero-order valence-electron chi connectivity index (χ0n) is 12.7. The predicted octanol–water partition coefficient (Wildman–Crippen LogP) is 3.44. The maximum absolute atomic E-state index is 3.36. The minimum absolute atomic E-state index is 0.477. The molecule has 1 fully saturated rings. The van der Waals surface area contributed by atoms with Crippen LogP contribution in [-0.4, -0.2) is 31.6 Å². The van der Waals surface area contributed by atoms with Gasteiger partial charge >= 0.3 is 0 Å². The van der Waals surface area contributed by atoms with Crippen LogP contribution in [0.15, 0.2) is 60.7 Å². The Balaban J connectivity index is 1.74. The smallest absolute Gasteiger partial charge is 0.0472 e. The van der Waals surface area contributed by atoms with E-state index in [4.69, 9.17) is 0 Å². The maximum atomic E-state index is 3.36. The van der Waals surface area contributed by atoms with Gasteiger partial charge in [-0.05, 0) is 37.1 Å². The molecule has 21 heavy (non-hydrogen) atoms. The Bertz CT molecular complexity index is 538. The summed E-state index contributed by atoms with van der Waals surface area (Å²) < 4.78 is 0. The molecule has 1 aliphatic rings. The quantitative estimate of drug-likeness (QED) is 0.902. The molecule has 3 rings (SSSR count). The van der Waals surface area contributed by atoms with Gasteiger partial charge in [-0.25, -0.2) is 0 Å². The van der Waals surface area contributed by atoms with Crippen molar-refractivity contribution < 1.29 is 0 Å². The van der Waals surface area contributed by atoms with Gasteiger partial charge in [0.1, 0.15) is 0 Å². The number of nitrogens with zero attached hydrogens (tertiary/aromatic N) is 1. The van der Waals surface area contributed by atoms with Crippen LogP contribution in [0.5, 0.6) is 0 Å². The first-order valence-corrected chi connectivity index (χ1v) is 7.87. The highest BCUT2D eigenvalue weighted by molar-refractivity contribution is 5.23. The summed E-state index contributed by atoms with van der Waals surface area (Å²) in [5, 5.41) is 3.36. The van der Waals surface area contributed by atoms with Crippen molar-refractivity contribution in [3.05, 3.63) is 71.8 Å². The molecule has 2 aromatic rings. The summed E-state index contributed by atoms with van der Waals surface area (Å²) in [4.78, 5) is 2.63. The van der Waals surface area contributed by atoms with Crippen molar-refractivity contribution in [1.29, 1.82) is 0 Å². The molecular formula is C19H24N2. The fourth-order valence-electron chi connectivity index (χ4n) is 3.39. The molecule has 1 heterocycles. The minimum atomic E-state index is 0.477. The van der Waals surface area contributed by atoms with Gasteiger partial charge in [0.05, 0.1) is 0 Å². The van der Waals surface area contributed by atoms with E-state index in [1.54, 1.807) is 0 Å². The lowest BCUT2D eigenvalue weighted by molar-refractivity contribution is 0.239. The average molecular weight is 280 g/mol. The third kappa shape index (κ3) is 3.34. The van der Waals surface area contributed by atoms with Gasteiger partial charge in [0.15, 0.2) is 0 Å². The highest BCUT2D eigenvalue weighted by atomic mass is 15.2. The lowest BCUT2D eigenvalue weighted by atomic mass is 9.98. The van der Waals surface area contributed by atoms with E-state index in [1.165, 1.54) is 24.1 Å². The Morgan fingerprint density at radius 1 is 1.05 bits per heavy atom. The molecule has 0 amide bonds. The highest BCUT2D eigenvalue weighted by Gasteiger charge is 2.29. The largest absolute Gasteiger partial charge is 0.318 e. The van der Waals surface area contributed by atoms with Crippen LogP contribution in [0.4, 0.5) is 0 Å². The van der Waals surface area contributed by atoms with E-state index in [1.807, 2.05) is 7.05 Å². The number of rotatable bonds is 5. The normalized spacial score (nSPS) is 20.5. The first-order chi connectivity index (χ1) is 10.4. The summed E-state index contributed by atoms with van der Waals surface area (Å²) in [7, 11) is 2.04. The molecule has 1 N–H and O–H groups in total. The van der Waals surface area contributed by atoms with Crippen LogP contribution < -0.4 is 5.32 Å². The predicted molar refractivity (Wildman–Crippen MR) is 88.5 cm³/mol. The monoisotopic (exact) mass is 280 g/mol. The fourth-order valence-corrected chi connectivity index (χ4v) is 3.39. The van der Waals surface area contributed by atoms with Crippen LogP contribution in [0.1, 0.15) is 29.5 Å². The van der Waals surface area contributed by atoms with Crippen LogP contribution in [0.3, 0.4) is 0 Å². The topological polar surface area (TPSA) is 15.3 Å². The number of hydrogen-bond acceptors (Lipinski definition) is 2. The summed E-state index contributed by atoms with van der Waals surface area (Å²) in [6.07, 6.45) is 1.26. The molecule has 1 aliphatic heterocycles. The van der Waals surface area contributed by atoms with Crippen molar-refractivity contribution in [1.82, 2.24) is 10.2 Å². The van der Waals surface area contributed by atoms with Crippen LogP contribution in [0, 0.1) is 0 Å². The molecule has 2 aromatic carbocycles. The van der Waals surface area contributed by atoms with Gasteiger partial charge in [-0.15, -0.1) is 0 Å². The van der Waals surface area contributed by atoms with E-state index in [0.717, 1.165) is 13.1 Å². The lowest BCUT2D eigenvalue weighted by Crippen LogP contribution is -2.33. The van der Waals surface area contributed by atoms with Gasteiger partial charge in [-0.2, -0.15) is 0 Å². The second-order valence-corrected chi connectivity index (χ2v) is 5.88. The molecule has 0 spiro atoms. The summed E-state index contributed by atoms with van der Waals surface area (Å²) in [5.41, 5.74) is 2.90. The van der Waals surface area contributed by atoms with E-state index in [9.17, 15) is 0 Å². The van der Waals surface area contributed by atoms with Crippen molar-refractivity contribution in [2.75, 3.05) is 26.7 Å². The summed E-state index contributed by atoms with van der Waals surface area (Å²) >= 11 is 0. The van der Waals surface area contributed by atoms with Gasteiger partial charge in [-0.3, -0.25) is 4.90 Å². The average Bonchev–Trinajstić information content (AvgIpc) is 3.04. The Labute approximate surface area is 127 Å². The van der Waals surface area contributed by atoms with Crippen molar-refractivity contribution in [2.45, 2.75) is 18.4 Å². The number of nitrogens with one attached hydrogen (secondary N) is 1. The lowest BCUT2D eigenvalue weighted by Gasteiger charge is -2.28. The number of likely N-dealkylation sites (tertiary alicyclic amines) is 1. The Morgan fingerprint density at radius 3 is 2.38 bits per heavy atom. The van der Waals surface area contributed by atoms with Crippen molar-refractivity contribution in [3.8, 4) is 0 Å². The minimum Gasteiger partial charge on any atom is -0.318 e. The molecule has 110 valence electrons. The molecule has 0 radical (unpaired) electrons. The Kier molecular flexibility index (Phi) is 4.69. The van der Waals surface area contributed by atoms with Crippen LogP contribution in [0.2, 0.25) is 0 Å². The SMILES string of the molecule is CNCC(c1ccccc1)N1CCC(c2ccccc2)C1. The van der Waals surface area contributed by atoms with Crippen LogP contribution in [0.25, 0.3) is 0 Å². The van der Waals surface area contributed by atoms with Crippen molar-refractivity contribution in [3.63, 3.8) is 0 Å². The van der Waals surface area contributed by atoms with Crippen molar-refractivity contribution >= 4 is 0 Å². The molecule has 0 aromatic heterocycles.